The van der Waals surface area contributed by atoms with Crippen molar-refractivity contribution in [3.8, 4) is 0 Å². The van der Waals surface area contributed by atoms with Crippen LogP contribution in [0.2, 0.25) is 0 Å². The molecule has 2 atom stereocenters. The van der Waals surface area contributed by atoms with Crippen molar-refractivity contribution in [1.82, 2.24) is 14.0 Å². The lowest BCUT2D eigenvalue weighted by Gasteiger charge is -2.35. The summed E-state index contributed by atoms with van der Waals surface area (Å²) in [5.74, 6) is 0. The van der Waals surface area contributed by atoms with E-state index in [-0.39, 0.29) is 6.54 Å². The number of aromatic nitrogens is 1. The highest BCUT2D eigenvalue weighted by atomic mass is 32.2. The van der Waals surface area contributed by atoms with Crippen molar-refractivity contribution in [3.05, 3.63) is 24.3 Å². The Bertz CT molecular complexity index is 756. The van der Waals surface area contributed by atoms with Gasteiger partial charge in [-0.1, -0.05) is 12.1 Å². The van der Waals surface area contributed by atoms with Crippen LogP contribution in [0.5, 0.6) is 0 Å². The van der Waals surface area contributed by atoms with Crippen molar-refractivity contribution in [2.24, 2.45) is 0 Å². The summed E-state index contributed by atoms with van der Waals surface area (Å²) in [5, 5.41) is 10.3. The summed E-state index contributed by atoms with van der Waals surface area (Å²) < 4.78 is 33.0. The largest absolute Gasteiger partial charge is 0.423 e. The molecule has 126 valence electrons. The molecule has 0 spiro atoms. The zero-order valence-electron chi connectivity index (χ0n) is 13.0. The van der Waals surface area contributed by atoms with Crippen LogP contribution in [0, 0.1) is 0 Å². The Balaban J connectivity index is 1.71. The first-order chi connectivity index (χ1) is 10.9. The number of aliphatic hydroxyl groups is 1. The fourth-order valence-corrected chi connectivity index (χ4v) is 3.40. The molecule has 3 rings (SSSR count). The zero-order chi connectivity index (χ0) is 16.6. The van der Waals surface area contributed by atoms with Gasteiger partial charge in [0.25, 0.3) is 16.2 Å². The number of piperidine rings is 1. The van der Waals surface area contributed by atoms with Crippen LogP contribution < -0.4 is 9.62 Å². The highest BCUT2D eigenvalue weighted by Crippen LogP contribution is 2.24. The molecule has 0 unspecified atom stereocenters. The average Bonchev–Trinajstić information content (AvgIpc) is 2.93. The first-order valence-electron chi connectivity index (χ1n) is 7.35. The Hall–Kier alpha value is -1.68. The molecule has 1 fully saturated rings. The van der Waals surface area contributed by atoms with E-state index in [1.807, 2.05) is 29.2 Å². The molecule has 9 heteroatoms. The predicted molar refractivity (Wildman–Crippen MR) is 86.4 cm³/mol. The number of para-hydroxylation sites is 2. The average molecular weight is 340 g/mol. The Morgan fingerprint density at radius 1 is 1.39 bits per heavy atom. The number of nitrogens with one attached hydrogen (secondary N) is 1. The molecule has 1 aliphatic rings. The maximum atomic E-state index is 11.9. The monoisotopic (exact) mass is 340 g/mol. The van der Waals surface area contributed by atoms with Gasteiger partial charge in [-0.05, 0) is 18.6 Å². The van der Waals surface area contributed by atoms with Crippen LogP contribution in [0.15, 0.2) is 28.7 Å². The number of rotatable bonds is 4. The van der Waals surface area contributed by atoms with Gasteiger partial charge in [-0.15, -0.1) is 0 Å². The standard InChI is InChI=1S/C14H20N4O4S/c1-17(2)23(20,21)16-10-7-8-18(9-12(10)19)14-15-11-5-3-4-6-13(11)22-14/h3-6,10,12,16,19H,7-9H2,1-2H3/t10-,12-/m1/s1. The van der Waals surface area contributed by atoms with Gasteiger partial charge in [-0.3, -0.25) is 0 Å². The SMILES string of the molecule is CN(C)S(=O)(=O)N[C@@H]1CCN(c2nc3ccccc3o2)C[C@H]1O. The minimum Gasteiger partial charge on any atom is -0.423 e. The second-order valence-corrected chi connectivity index (χ2v) is 7.69. The molecule has 0 radical (unpaired) electrons. The molecular weight excluding hydrogens is 320 g/mol. The second kappa shape index (κ2) is 6.08. The number of hydrogen-bond donors (Lipinski definition) is 2. The molecule has 8 nitrogen and oxygen atoms in total. The van der Waals surface area contributed by atoms with Gasteiger partial charge < -0.3 is 14.4 Å². The van der Waals surface area contributed by atoms with E-state index < -0.39 is 22.4 Å². The number of benzene rings is 1. The third-order valence-corrected chi connectivity index (χ3v) is 5.48. The van der Waals surface area contributed by atoms with Gasteiger partial charge in [0.05, 0.1) is 12.1 Å². The third-order valence-electron chi connectivity index (χ3n) is 3.92. The molecule has 23 heavy (non-hydrogen) atoms. The lowest BCUT2D eigenvalue weighted by atomic mass is 10.0. The lowest BCUT2D eigenvalue weighted by Crippen LogP contribution is -2.55. The number of β-amino-alcohol motifs (C(OH)–C–C–N with tert-alkyl or cyclic N) is 1. The number of anilines is 1. The Morgan fingerprint density at radius 2 is 2.13 bits per heavy atom. The van der Waals surface area contributed by atoms with Crippen LogP contribution >= 0.6 is 0 Å². The number of oxazole rings is 1. The minimum atomic E-state index is -3.57. The van der Waals surface area contributed by atoms with Gasteiger partial charge in [-0.25, -0.2) is 0 Å². The summed E-state index contributed by atoms with van der Waals surface area (Å²) in [7, 11) is -0.674. The topological polar surface area (TPSA) is 98.9 Å². The molecular formula is C14H20N4O4S. The predicted octanol–water partition coefficient (Wildman–Crippen LogP) is 0.163. The van der Waals surface area contributed by atoms with Gasteiger partial charge >= 0.3 is 0 Å². The third kappa shape index (κ3) is 3.32. The molecule has 2 N–H and O–H groups in total. The highest BCUT2D eigenvalue weighted by Gasteiger charge is 2.33. The van der Waals surface area contributed by atoms with E-state index in [1.165, 1.54) is 14.1 Å². The highest BCUT2D eigenvalue weighted by molar-refractivity contribution is 7.87. The van der Waals surface area contributed by atoms with E-state index in [1.54, 1.807) is 0 Å². The van der Waals surface area contributed by atoms with Crippen molar-refractivity contribution in [1.29, 1.82) is 0 Å². The van der Waals surface area contributed by atoms with Crippen LogP contribution in [0.1, 0.15) is 6.42 Å². The summed E-state index contributed by atoms with van der Waals surface area (Å²) in [4.78, 5) is 6.22. The van der Waals surface area contributed by atoms with E-state index in [9.17, 15) is 13.5 Å². The van der Waals surface area contributed by atoms with Gasteiger partial charge in [0, 0.05) is 27.2 Å². The molecule has 0 amide bonds. The van der Waals surface area contributed by atoms with Gasteiger partial charge in [0.15, 0.2) is 5.58 Å². The molecule has 1 aromatic heterocycles. The van der Waals surface area contributed by atoms with E-state index in [0.717, 1.165) is 9.82 Å². The smallest absolute Gasteiger partial charge is 0.298 e. The van der Waals surface area contributed by atoms with E-state index in [0.29, 0.717) is 24.6 Å². The van der Waals surface area contributed by atoms with Crippen LogP contribution in [0.25, 0.3) is 11.1 Å². The maximum absolute atomic E-state index is 11.9. The first kappa shape index (κ1) is 16.2. The van der Waals surface area contributed by atoms with E-state index in [4.69, 9.17) is 4.42 Å². The summed E-state index contributed by atoms with van der Waals surface area (Å²) in [6, 6.07) is 7.36. The first-order valence-corrected chi connectivity index (χ1v) is 8.79. The van der Waals surface area contributed by atoms with Gasteiger partial charge in [-0.2, -0.15) is 22.4 Å². The van der Waals surface area contributed by atoms with Crippen molar-refractivity contribution < 1.29 is 17.9 Å². The lowest BCUT2D eigenvalue weighted by molar-refractivity contribution is 0.122. The molecule has 2 aromatic rings. The minimum absolute atomic E-state index is 0.257. The van der Waals surface area contributed by atoms with E-state index >= 15 is 0 Å². The Kier molecular flexibility index (Phi) is 4.28. The van der Waals surface area contributed by atoms with Crippen LogP contribution in [0.4, 0.5) is 6.01 Å². The Morgan fingerprint density at radius 3 is 2.78 bits per heavy atom. The number of hydrogen-bond acceptors (Lipinski definition) is 6. The molecule has 1 aromatic carbocycles. The maximum Gasteiger partial charge on any atom is 0.298 e. The van der Waals surface area contributed by atoms with Gasteiger partial charge in [0.2, 0.25) is 0 Å². The van der Waals surface area contributed by atoms with Crippen molar-refractivity contribution in [2.45, 2.75) is 18.6 Å². The number of aliphatic hydroxyl groups excluding tert-OH is 1. The summed E-state index contributed by atoms with van der Waals surface area (Å²) in [6.45, 7) is 0.804. The summed E-state index contributed by atoms with van der Waals surface area (Å²) >= 11 is 0. The normalized spacial score (nSPS) is 22.9. The second-order valence-electron chi connectivity index (χ2n) is 5.78. The van der Waals surface area contributed by atoms with Crippen molar-refractivity contribution in [3.63, 3.8) is 0 Å². The molecule has 0 aliphatic carbocycles. The van der Waals surface area contributed by atoms with Crippen LogP contribution in [0.3, 0.4) is 0 Å². The molecule has 0 saturated carbocycles. The summed E-state index contributed by atoms with van der Waals surface area (Å²) in [5.41, 5.74) is 1.44. The fourth-order valence-electron chi connectivity index (χ4n) is 2.53. The quantitative estimate of drug-likeness (QED) is 0.823. The number of nitrogens with zero attached hydrogens (tertiary/aromatic N) is 3. The number of fused-ring (bicyclic) bond motifs is 1. The molecule has 1 saturated heterocycles. The summed E-state index contributed by atoms with van der Waals surface area (Å²) in [6.07, 6.45) is -0.374. The molecule has 0 bridgehead atoms. The molecule has 1 aliphatic heterocycles. The molecule has 2 heterocycles. The van der Waals surface area contributed by atoms with Crippen LogP contribution in [-0.2, 0) is 10.2 Å². The van der Waals surface area contributed by atoms with E-state index in [2.05, 4.69) is 9.71 Å². The zero-order valence-corrected chi connectivity index (χ0v) is 13.8. The van der Waals surface area contributed by atoms with Gasteiger partial charge in [0.1, 0.15) is 5.52 Å². The van der Waals surface area contributed by atoms with Crippen molar-refractivity contribution >= 4 is 27.3 Å². The Labute approximate surface area is 134 Å². The van der Waals surface area contributed by atoms with Crippen molar-refractivity contribution in [2.75, 3.05) is 32.1 Å². The van der Waals surface area contributed by atoms with Crippen LogP contribution in [-0.4, -0.2) is 62.1 Å². The fraction of sp³-hybridized carbons (Fsp3) is 0.500.